The zero-order chi connectivity index (χ0) is 14.3. The van der Waals surface area contributed by atoms with Gasteiger partial charge in [-0.05, 0) is 30.7 Å². The van der Waals surface area contributed by atoms with Gasteiger partial charge >= 0.3 is 0 Å². The van der Waals surface area contributed by atoms with Crippen LogP contribution in [0.15, 0.2) is 24.3 Å². The highest BCUT2D eigenvalue weighted by atomic mass is 19.1. The smallest absolute Gasteiger partial charge is 0.180 e. The predicted octanol–water partition coefficient (Wildman–Crippen LogP) is 3.25. The van der Waals surface area contributed by atoms with Gasteiger partial charge in [0.25, 0.3) is 0 Å². The highest BCUT2D eigenvalue weighted by Crippen LogP contribution is 2.25. The molecular weight excluding hydrogens is 262 g/mol. The van der Waals surface area contributed by atoms with Crippen LogP contribution >= 0.6 is 0 Å². The van der Waals surface area contributed by atoms with Gasteiger partial charge in [0.05, 0.1) is 11.1 Å². The van der Waals surface area contributed by atoms with E-state index in [1.807, 2.05) is 0 Å². The Hall–Kier alpha value is -2.50. The molecule has 2 aromatic heterocycles. The quantitative estimate of drug-likeness (QED) is 0.754. The molecule has 3 aromatic rings. The number of halogens is 2. The van der Waals surface area contributed by atoms with E-state index in [0.717, 1.165) is 6.07 Å². The second-order valence-corrected chi connectivity index (χ2v) is 4.48. The van der Waals surface area contributed by atoms with Crippen LogP contribution in [0.4, 0.5) is 14.6 Å². The molecule has 0 aliphatic heterocycles. The minimum absolute atomic E-state index is 0.230. The van der Waals surface area contributed by atoms with E-state index in [1.54, 1.807) is 26.1 Å². The van der Waals surface area contributed by atoms with Gasteiger partial charge < -0.3 is 10.3 Å². The average molecular weight is 274 g/mol. The molecule has 0 unspecified atom stereocenters. The maximum atomic E-state index is 13.9. The molecule has 0 bridgehead atoms. The molecule has 20 heavy (non-hydrogen) atoms. The third kappa shape index (κ3) is 1.99. The lowest BCUT2D eigenvalue weighted by molar-refractivity contribution is 0.579. The fourth-order valence-electron chi connectivity index (χ4n) is 2.00. The van der Waals surface area contributed by atoms with Crippen LogP contribution in [0.25, 0.3) is 22.6 Å². The fourth-order valence-corrected chi connectivity index (χ4v) is 2.00. The first-order valence-corrected chi connectivity index (χ1v) is 6.09. The number of benzene rings is 1. The molecule has 0 aliphatic rings. The normalized spacial score (nSPS) is 11.0. The molecular formula is C14H12F2N4. The number of anilines is 1. The van der Waals surface area contributed by atoms with Gasteiger partial charge in [0.1, 0.15) is 23.3 Å². The van der Waals surface area contributed by atoms with Crippen LogP contribution in [0.1, 0.15) is 5.56 Å². The number of aromatic amines is 1. The Bertz CT molecular complexity index is 795. The number of fused-ring (bicyclic) bond motifs is 1. The molecule has 0 saturated carbocycles. The number of pyridine rings is 1. The summed E-state index contributed by atoms with van der Waals surface area (Å²) >= 11 is 0. The molecule has 2 N–H and O–H groups in total. The van der Waals surface area contributed by atoms with E-state index < -0.39 is 11.6 Å². The van der Waals surface area contributed by atoms with E-state index in [0.29, 0.717) is 28.4 Å². The van der Waals surface area contributed by atoms with Gasteiger partial charge in [-0.25, -0.2) is 18.7 Å². The minimum atomic E-state index is -0.652. The highest BCUT2D eigenvalue weighted by Gasteiger charge is 2.13. The van der Waals surface area contributed by atoms with Gasteiger partial charge in [-0.15, -0.1) is 0 Å². The van der Waals surface area contributed by atoms with Crippen molar-refractivity contribution in [2.24, 2.45) is 0 Å². The number of H-pyrrole nitrogens is 1. The number of nitrogens with zero attached hydrogens (tertiary/aromatic N) is 2. The second kappa shape index (κ2) is 4.56. The SMILES string of the molecule is CNc1ccc2[nH]c(-c3cc(C)c(F)cc3F)nc2n1. The third-order valence-electron chi connectivity index (χ3n) is 3.11. The Balaban J connectivity index is 2.17. The summed E-state index contributed by atoms with van der Waals surface area (Å²) in [5.74, 6) is -0.216. The van der Waals surface area contributed by atoms with Crippen molar-refractivity contribution in [2.45, 2.75) is 6.92 Å². The number of rotatable bonds is 2. The van der Waals surface area contributed by atoms with Gasteiger partial charge in [-0.2, -0.15) is 0 Å². The zero-order valence-corrected chi connectivity index (χ0v) is 11.0. The van der Waals surface area contributed by atoms with Crippen molar-refractivity contribution >= 4 is 17.0 Å². The summed E-state index contributed by atoms with van der Waals surface area (Å²) in [6.45, 7) is 1.58. The molecule has 102 valence electrons. The van der Waals surface area contributed by atoms with E-state index in [1.165, 1.54) is 6.07 Å². The van der Waals surface area contributed by atoms with Crippen LogP contribution < -0.4 is 5.32 Å². The Morgan fingerprint density at radius 2 is 1.90 bits per heavy atom. The van der Waals surface area contributed by atoms with Crippen molar-refractivity contribution in [2.75, 3.05) is 12.4 Å². The standard InChI is InChI=1S/C14H12F2N4/c1-7-5-8(10(16)6-9(7)15)13-18-11-3-4-12(17-2)19-14(11)20-13/h3-6H,1-2H3,(H2,17,18,19,20). The molecule has 3 rings (SSSR count). The van der Waals surface area contributed by atoms with E-state index in [4.69, 9.17) is 0 Å². The summed E-state index contributed by atoms with van der Waals surface area (Å²) in [4.78, 5) is 11.5. The Morgan fingerprint density at radius 3 is 2.65 bits per heavy atom. The first kappa shape index (κ1) is 12.5. The third-order valence-corrected chi connectivity index (χ3v) is 3.11. The van der Waals surface area contributed by atoms with Crippen LogP contribution in [-0.2, 0) is 0 Å². The van der Waals surface area contributed by atoms with Crippen LogP contribution in [-0.4, -0.2) is 22.0 Å². The summed E-state index contributed by atoms with van der Waals surface area (Å²) in [5.41, 5.74) is 1.77. The summed E-state index contributed by atoms with van der Waals surface area (Å²) < 4.78 is 27.1. The van der Waals surface area contributed by atoms with Crippen molar-refractivity contribution in [3.8, 4) is 11.4 Å². The van der Waals surface area contributed by atoms with Crippen molar-refractivity contribution in [1.82, 2.24) is 15.0 Å². The number of nitrogens with one attached hydrogen (secondary N) is 2. The molecule has 2 heterocycles. The topological polar surface area (TPSA) is 53.6 Å². The lowest BCUT2D eigenvalue weighted by Crippen LogP contribution is -1.92. The molecule has 0 fully saturated rings. The van der Waals surface area contributed by atoms with Crippen molar-refractivity contribution in [3.63, 3.8) is 0 Å². The lowest BCUT2D eigenvalue weighted by atomic mass is 10.1. The Kier molecular flexibility index (Phi) is 2.85. The maximum Gasteiger partial charge on any atom is 0.180 e. The zero-order valence-electron chi connectivity index (χ0n) is 11.0. The van der Waals surface area contributed by atoms with Crippen LogP contribution in [0.2, 0.25) is 0 Å². The van der Waals surface area contributed by atoms with E-state index in [2.05, 4.69) is 20.3 Å². The van der Waals surface area contributed by atoms with Crippen LogP contribution in [0, 0.1) is 18.6 Å². The Morgan fingerprint density at radius 1 is 1.10 bits per heavy atom. The molecule has 0 aliphatic carbocycles. The van der Waals surface area contributed by atoms with Crippen LogP contribution in [0.3, 0.4) is 0 Å². The molecule has 4 nitrogen and oxygen atoms in total. The van der Waals surface area contributed by atoms with E-state index >= 15 is 0 Å². The van der Waals surface area contributed by atoms with Crippen molar-refractivity contribution in [1.29, 1.82) is 0 Å². The predicted molar refractivity (Wildman–Crippen MR) is 73.5 cm³/mol. The van der Waals surface area contributed by atoms with Crippen molar-refractivity contribution in [3.05, 3.63) is 41.5 Å². The monoisotopic (exact) mass is 274 g/mol. The number of imidazole rings is 1. The molecule has 0 amide bonds. The first-order chi connectivity index (χ1) is 9.58. The van der Waals surface area contributed by atoms with Crippen molar-refractivity contribution < 1.29 is 8.78 Å². The largest absolute Gasteiger partial charge is 0.373 e. The lowest BCUT2D eigenvalue weighted by Gasteiger charge is -2.02. The first-order valence-electron chi connectivity index (χ1n) is 6.09. The number of hydrogen-bond acceptors (Lipinski definition) is 3. The maximum absolute atomic E-state index is 13.9. The summed E-state index contributed by atoms with van der Waals surface area (Å²) in [6.07, 6.45) is 0. The number of aryl methyl sites for hydroxylation is 1. The molecule has 6 heteroatoms. The number of aromatic nitrogens is 3. The highest BCUT2D eigenvalue weighted by molar-refractivity contribution is 5.77. The Labute approximate surface area is 113 Å². The molecule has 0 atom stereocenters. The summed E-state index contributed by atoms with van der Waals surface area (Å²) in [6, 6.07) is 5.89. The molecule has 0 spiro atoms. The van der Waals surface area contributed by atoms with Gasteiger partial charge in [0.2, 0.25) is 0 Å². The molecule has 0 radical (unpaired) electrons. The molecule has 0 saturated heterocycles. The van der Waals surface area contributed by atoms with Gasteiger partial charge in [-0.3, -0.25) is 0 Å². The van der Waals surface area contributed by atoms with Crippen LogP contribution in [0.5, 0.6) is 0 Å². The fraction of sp³-hybridized carbons (Fsp3) is 0.143. The van der Waals surface area contributed by atoms with E-state index in [9.17, 15) is 8.78 Å². The average Bonchev–Trinajstić information content (AvgIpc) is 2.85. The minimum Gasteiger partial charge on any atom is -0.373 e. The summed E-state index contributed by atoms with van der Waals surface area (Å²) in [5, 5.41) is 2.91. The second-order valence-electron chi connectivity index (χ2n) is 4.48. The van der Waals surface area contributed by atoms with Gasteiger partial charge in [0, 0.05) is 13.1 Å². The van der Waals surface area contributed by atoms with Gasteiger partial charge in [-0.1, -0.05) is 0 Å². The summed E-state index contributed by atoms with van der Waals surface area (Å²) in [7, 11) is 1.75. The number of hydrogen-bond donors (Lipinski definition) is 2. The molecule has 1 aromatic carbocycles. The van der Waals surface area contributed by atoms with Gasteiger partial charge in [0.15, 0.2) is 5.65 Å². The van der Waals surface area contributed by atoms with E-state index in [-0.39, 0.29) is 5.56 Å².